The summed E-state index contributed by atoms with van der Waals surface area (Å²) in [5.41, 5.74) is 1.81. The fourth-order valence-electron chi connectivity index (χ4n) is 2.11. The van der Waals surface area contributed by atoms with Crippen LogP contribution in [0.3, 0.4) is 0 Å². The number of carbonyl (C=O) groups excluding carboxylic acids is 1. The summed E-state index contributed by atoms with van der Waals surface area (Å²) in [6.07, 6.45) is 0. The average Bonchev–Trinajstić information content (AvgIpc) is 2.84. The molecule has 0 spiro atoms. The maximum Gasteiger partial charge on any atom is 0.280 e. The molecule has 5 nitrogen and oxygen atoms in total. The number of para-hydroxylation sites is 1. The second kappa shape index (κ2) is 6.48. The highest BCUT2D eigenvalue weighted by Crippen LogP contribution is 2.28. The second-order valence-corrected chi connectivity index (χ2v) is 5.76. The summed E-state index contributed by atoms with van der Waals surface area (Å²) in [4.78, 5) is 12.5. The van der Waals surface area contributed by atoms with Crippen LogP contribution in [0.2, 0.25) is 10.0 Å². The van der Waals surface area contributed by atoms with Crippen molar-refractivity contribution in [2.45, 2.75) is 13.0 Å². The van der Waals surface area contributed by atoms with Crippen molar-refractivity contribution >= 4 is 46.2 Å². The SMILES string of the molecule is CC1=NN(c2ccccc2)C(=O)[C@H]1N=Nc1ccc(Cl)c(Cl)c1. The van der Waals surface area contributed by atoms with Gasteiger partial charge >= 0.3 is 0 Å². The van der Waals surface area contributed by atoms with Gasteiger partial charge < -0.3 is 0 Å². The van der Waals surface area contributed by atoms with Crippen molar-refractivity contribution in [1.29, 1.82) is 0 Å². The number of hydrogen-bond donors (Lipinski definition) is 0. The largest absolute Gasteiger partial charge is 0.280 e. The summed E-state index contributed by atoms with van der Waals surface area (Å²) in [6.45, 7) is 1.75. The third-order valence-electron chi connectivity index (χ3n) is 3.29. The molecule has 0 bridgehead atoms. The van der Waals surface area contributed by atoms with Crippen molar-refractivity contribution in [2.24, 2.45) is 15.3 Å². The van der Waals surface area contributed by atoms with Crippen molar-refractivity contribution in [2.75, 3.05) is 5.01 Å². The normalized spacial score (nSPS) is 17.9. The highest BCUT2D eigenvalue weighted by Gasteiger charge is 2.34. The lowest BCUT2D eigenvalue weighted by molar-refractivity contribution is -0.117. The van der Waals surface area contributed by atoms with Gasteiger partial charge in [-0.15, -0.1) is 0 Å². The molecule has 1 aliphatic rings. The molecule has 7 heteroatoms. The van der Waals surface area contributed by atoms with Crippen LogP contribution in [0.5, 0.6) is 0 Å². The number of halogens is 2. The average molecular weight is 347 g/mol. The van der Waals surface area contributed by atoms with Crippen LogP contribution >= 0.6 is 23.2 Å². The second-order valence-electron chi connectivity index (χ2n) is 4.94. The predicted octanol–water partition coefficient (Wildman–Crippen LogP) is 4.87. The predicted molar refractivity (Wildman–Crippen MR) is 91.8 cm³/mol. The Morgan fingerprint density at radius 2 is 1.83 bits per heavy atom. The quantitative estimate of drug-likeness (QED) is 0.731. The molecule has 1 amide bonds. The minimum absolute atomic E-state index is 0.238. The van der Waals surface area contributed by atoms with Crippen LogP contribution in [0.15, 0.2) is 63.9 Å². The maximum absolute atomic E-state index is 12.5. The molecule has 3 rings (SSSR count). The van der Waals surface area contributed by atoms with E-state index < -0.39 is 6.04 Å². The Labute approximate surface area is 143 Å². The standard InChI is InChI=1S/C16H12Cl2N4O/c1-10-15(20-19-11-7-8-13(17)14(18)9-11)16(23)22(21-10)12-5-3-2-4-6-12/h2-9,15H,1H3/t15-/m0/s1. The molecule has 0 aliphatic carbocycles. The summed E-state index contributed by atoms with van der Waals surface area (Å²) >= 11 is 11.8. The summed E-state index contributed by atoms with van der Waals surface area (Å²) < 4.78 is 0. The summed E-state index contributed by atoms with van der Waals surface area (Å²) in [5.74, 6) is -0.238. The molecule has 0 N–H and O–H groups in total. The minimum atomic E-state index is -0.732. The Kier molecular flexibility index (Phi) is 4.41. The zero-order chi connectivity index (χ0) is 16.4. The lowest BCUT2D eigenvalue weighted by atomic mass is 10.2. The first kappa shape index (κ1) is 15.6. The van der Waals surface area contributed by atoms with Crippen LogP contribution in [0.25, 0.3) is 0 Å². The van der Waals surface area contributed by atoms with Crippen LogP contribution in [0.1, 0.15) is 6.92 Å². The first-order valence-corrected chi connectivity index (χ1v) is 7.62. The van der Waals surface area contributed by atoms with E-state index >= 15 is 0 Å². The van der Waals surface area contributed by atoms with Crippen molar-refractivity contribution in [3.8, 4) is 0 Å². The molecule has 0 radical (unpaired) electrons. The van der Waals surface area contributed by atoms with Crippen LogP contribution < -0.4 is 5.01 Å². The molecular formula is C16H12Cl2N4O. The molecule has 23 heavy (non-hydrogen) atoms. The fourth-order valence-corrected chi connectivity index (χ4v) is 2.41. The summed E-state index contributed by atoms with van der Waals surface area (Å²) in [7, 11) is 0. The van der Waals surface area contributed by atoms with Gasteiger partial charge in [-0.05, 0) is 37.3 Å². The molecule has 1 heterocycles. The van der Waals surface area contributed by atoms with E-state index in [4.69, 9.17) is 23.2 Å². The molecule has 0 aromatic heterocycles. The molecule has 116 valence electrons. The van der Waals surface area contributed by atoms with E-state index in [9.17, 15) is 4.79 Å². The van der Waals surface area contributed by atoms with Gasteiger partial charge in [0.15, 0.2) is 6.04 Å². The number of amides is 1. The number of rotatable bonds is 3. The van der Waals surface area contributed by atoms with Crippen LogP contribution in [0, 0.1) is 0 Å². The maximum atomic E-state index is 12.5. The lowest BCUT2D eigenvalue weighted by Gasteiger charge is -2.11. The van der Waals surface area contributed by atoms with Gasteiger partial charge in [-0.2, -0.15) is 20.3 Å². The molecule has 0 saturated carbocycles. The molecule has 0 fully saturated rings. The number of nitrogens with zero attached hydrogens (tertiary/aromatic N) is 4. The monoisotopic (exact) mass is 346 g/mol. The van der Waals surface area contributed by atoms with Crippen LogP contribution in [-0.2, 0) is 4.79 Å². The number of hydrazone groups is 1. The molecule has 1 atom stereocenters. The van der Waals surface area contributed by atoms with Gasteiger partial charge in [0.25, 0.3) is 5.91 Å². The van der Waals surface area contributed by atoms with Crippen molar-refractivity contribution in [3.63, 3.8) is 0 Å². The van der Waals surface area contributed by atoms with Crippen molar-refractivity contribution in [1.82, 2.24) is 0 Å². The van der Waals surface area contributed by atoms with Crippen molar-refractivity contribution in [3.05, 3.63) is 58.6 Å². The van der Waals surface area contributed by atoms with Crippen molar-refractivity contribution < 1.29 is 4.79 Å². The highest BCUT2D eigenvalue weighted by molar-refractivity contribution is 6.42. The Hall–Kier alpha value is -2.24. The van der Waals surface area contributed by atoms with Gasteiger partial charge in [0.2, 0.25) is 0 Å². The fraction of sp³-hybridized carbons (Fsp3) is 0.125. The number of benzene rings is 2. The third-order valence-corrected chi connectivity index (χ3v) is 4.03. The van der Waals surface area contributed by atoms with E-state index in [0.717, 1.165) is 0 Å². The molecular weight excluding hydrogens is 335 g/mol. The number of azo groups is 1. The molecule has 2 aromatic carbocycles. The topological polar surface area (TPSA) is 57.4 Å². The van der Waals surface area contributed by atoms with Gasteiger partial charge in [0.1, 0.15) is 0 Å². The Balaban J connectivity index is 1.81. The van der Waals surface area contributed by atoms with E-state index in [-0.39, 0.29) is 5.91 Å². The van der Waals surface area contributed by atoms with E-state index in [1.165, 1.54) is 5.01 Å². The summed E-state index contributed by atoms with van der Waals surface area (Å²) in [6, 6.07) is 13.4. The van der Waals surface area contributed by atoms with Gasteiger partial charge in [0, 0.05) is 0 Å². The van der Waals surface area contributed by atoms with Gasteiger partial charge in [0.05, 0.1) is 27.1 Å². The van der Waals surface area contributed by atoms with E-state index in [0.29, 0.717) is 27.1 Å². The smallest absolute Gasteiger partial charge is 0.269 e. The van der Waals surface area contributed by atoms with Crippen LogP contribution in [-0.4, -0.2) is 17.7 Å². The Morgan fingerprint density at radius 1 is 1.09 bits per heavy atom. The number of hydrogen-bond acceptors (Lipinski definition) is 4. The summed E-state index contributed by atoms with van der Waals surface area (Å²) in [5, 5.41) is 14.6. The molecule has 1 aliphatic heterocycles. The first-order chi connectivity index (χ1) is 11.1. The van der Waals surface area contributed by atoms with Gasteiger partial charge in [-0.1, -0.05) is 41.4 Å². The molecule has 0 saturated heterocycles. The van der Waals surface area contributed by atoms with E-state index in [2.05, 4.69) is 15.3 Å². The zero-order valence-electron chi connectivity index (χ0n) is 12.1. The Morgan fingerprint density at radius 3 is 2.52 bits per heavy atom. The van der Waals surface area contributed by atoms with Gasteiger partial charge in [-0.3, -0.25) is 4.79 Å². The number of carbonyl (C=O) groups is 1. The van der Waals surface area contributed by atoms with E-state index in [1.54, 1.807) is 25.1 Å². The third kappa shape index (κ3) is 3.25. The molecule has 0 unspecified atom stereocenters. The zero-order valence-corrected chi connectivity index (χ0v) is 13.7. The number of anilines is 1. The molecule has 2 aromatic rings. The Bertz CT molecular complexity index is 805. The van der Waals surface area contributed by atoms with Gasteiger partial charge in [-0.25, -0.2) is 0 Å². The highest BCUT2D eigenvalue weighted by atomic mass is 35.5. The minimum Gasteiger partial charge on any atom is -0.269 e. The van der Waals surface area contributed by atoms with Crippen LogP contribution in [0.4, 0.5) is 11.4 Å². The first-order valence-electron chi connectivity index (χ1n) is 6.86. The van der Waals surface area contributed by atoms with E-state index in [1.807, 2.05) is 30.3 Å². The lowest BCUT2D eigenvalue weighted by Crippen LogP contribution is -2.29.